The molecule has 0 unspecified atom stereocenters. The quantitative estimate of drug-likeness (QED) is 0.248. The first-order valence-electron chi connectivity index (χ1n) is 6.90. The molecule has 0 aliphatic heterocycles. The number of hydrogen-bond donors (Lipinski definition) is 4. The van der Waals surface area contributed by atoms with Gasteiger partial charge in [-0.05, 0) is 12.1 Å². The van der Waals surface area contributed by atoms with Crippen molar-refractivity contribution < 1.29 is 9.63 Å². The Hall–Kier alpha value is -2.61. The number of aromatic nitrogens is 1. The number of hydrazine groups is 2. The molecule has 2 amide bonds. The number of rotatable bonds is 5. The second-order valence-electron chi connectivity index (χ2n) is 4.73. The van der Waals surface area contributed by atoms with Crippen LogP contribution in [0.5, 0.6) is 0 Å². The molecule has 7 heteroatoms. The van der Waals surface area contributed by atoms with Crippen LogP contribution in [-0.4, -0.2) is 17.2 Å². The summed E-state index contributed by atoms with van der Waals surface area (Å²) in [5.41, 5.74) is 8.80. The van der Waals surface area contributed by atoms with Gasteiger partial charge in [0.1, 0.15) is 0 Å². The summed E-state index contributed by atoms with van der Waals surface area (Å²) in [5.74, 6) is 4.93. The summed E-state index contributed by atoms with van der Waals surface area (Å²) >= 11 is 0. The van der Waals surface area contributed by atoms with Crippen LogP contribution in [-0.2, 0) is 11.4 Å². The van der Waals surface area contributed by atoms with Crippen LogP contribution in [0.1, 0.15) is 0 Å². The van der Waals surface area contributed by atoms with Crippen molar-refractivity contribution in [2.45, 2.75) is 6.54 Å². The zero-order valence-corrected chi connectivity index (χ0v) is 11.9. The van der Waals surface area contributed by atoms with E-state index >= 15 is 0 Å². The van der Waals surface area contributed by atoms with Crippen LogP contribution in [0.2, 0.25) is 0 Å². The van der Waals surface area contributed by atoms with E-state index in [9.17, 15) is 4.79 Å². The predicted molar refractivity (Wildman–Crippen MR) is 84.4 cm³/mol. The number of urea groups is 1. The second kappa shape index (κ2) is 6.44. The first kappa shape index (κ1) is 14.3. The van der Waals surface area contributed by atoms with E-state index in [-0.39, 0.29) is 0 Å². The van der Waals surface area contributed by atoms with Gasteiger partial charge < -0.3 is 4.57 Å². The lowest BCUT2D eigenvalue weighted by molar-refractivity contribution is 0.0155. The van der Waals surface area contributed by atoms with Crippen LogP contribution in [0, 0.1) is 0 Å². The number of carbonyl (C=O) groups is 1. The number of fused-ring (bicyclic) bond motifs is 3. The van der Waals surface area contributed by atoms with Crippen LogP contribution in [0.15, 0.2) is 48.5 Å². The lowest BCUT2D eigenvalue weighted by Crippen LogP contribution is -2.47. The van der Waals surface area contributed by atoms with Gasteiger partial charge in [0.2, 0.25) is 0 Å². The summed E-state index contributed by atoms with van der Waals surface area (Å²) in [7, 11) is 0. The maximum absolute atomic E-state index is 10.9. The molecule has 7 nitrogen and oxygen atoms in total. The second-order valence-corrected chi connectivity index (χ2v) is 4.73. The fraction of sp³-hybridized carbons (Fsp3) is 0.133. The topological polar surface area (TPSA) is 93.3 Å². The molecule has 0 bridgehead atoms. The molecule has 1 heterocycles. The van der Waals surface area contributed by atoms with E-state index in [2.05, 4.69) is 39.8 Å². The summed E-state index contributed by atoms with van der Waals surface area (Å²) in [6.07, 6.45) is 0. The number of nitrogens with two attached hydrogens (primary N) is 1. The van der Waals surface area contributed by atoms with E-state index < -0.39 is 6.03 Å². The van der Waals surface area contributed by atoms with Crippen LogP contribution < -0.4 is 22.3 Å². The molecule has 0 saturated carbocycles. The van der Waals surface area contributed by atoms with Gasteiger partial charge in [-0.3, -0.25) is 10.3 Å². The molecule has 22 heavy (non-hydrogen) atoms. The minimum Gasteiger partial charge on any atom is -0.338 e. The van der Waals surface area contributed by atoms with Crippen LogP contribution in [0.25, 0.3) is 21.8 Å². The third-order valence-electron chi connectivity index (χ3n) is 3.46. The van der Waals surface area contributed by atoms with Crippen molar-refractivity contribution in [3.8, 4) is 0 Å². The Morgan fingerprint density at radius 1 is 1.05 bits per heavy atom. The molecule has 0 saturated heterocycles. The zero-order valence-electron chi connectivity index (χ0n) is 11.9. The molecule has 0 fully saturated rings. The summed E-state index contributed by atoms with van der Waals surface area (Å²) in [5, 5.41) is 2.43. The number of nitrogens with one attached hydrogen (secondary N) is 3. The summed E-state index contributed by atoms with van der Waals surface area (Å²) in [4.78, 5) is 16.0. The summed E-state index contributed by atoms with van der Waals surface area (Å²) in [6.45, 7) is 1.03. The Morgan fingerprint density at radius 2 is 1.64 bits per heavy atom. The molecule has 0 aliphatic carbocycles. The van der Waals surface area contributed by atoms with Crippen molar-refractivity contribution in [3.63, 3.8) is 0 Å². The number of carbonyl (C=O) groups excluding carboxylic acids is 1. The van der Waals surface area contributed by atoms with Crippen molar-refractivity contribution in [3.05, 3.63) is 48.5 Å². The van der Waals surface area contributed by atoms with Crippen molar-refractivity contribution in [2.24, 2.45) is 5.84 Å². The SMILES string of the molecule is NNC(=O)NNOCCn1c2ccccc2c2ccccc21. The summed E-state index contributed by atoms with van der Waals surface area (Å²) in [6, 6.07) is 15.9. The van der Waals surface area contributed by atoms with Crippen LogP contribution in [0.4, 0.5) is 4.79 Å². The number of nitrogens with zero attached hydrogens (tertiary/aromatic N) is 1. The van der Waals surface area contributed by atoms with Crippen LogP contribution >= 0.6 is 0 Å². The fourth-order valence-electron chi connectivity index (χ4n) is 2.55. The standard InChI is InChI=1S/C15H17N5O2/c16-17-15(21)18-19-22-10-9-20-13-7-3-1-5-11(13)12-6-2-4-8-14(12)20/h1-8,19H,9-10,16H2,(H2,17,18,21). The van der Waals surface area contributed by atoms with E-state index in [4.69, 9.17) is 10.7 Å². The highest BCUT2D eigenvalue weighted by molar-refractivity contribution is 6.07. The highest BCUT2D eigenvalue weighted by Crippen LogP contribution is 2.28. The van der Waals surface area contributed by atoms with E-state index in [1.165, 1.54) is 10.8 Å². The molecular weight excluding hydrogens is 282 g/mol. The van der Waals surface area contributed by atoms with Crippen molar-refractivity contribution in [1.82, 2.24) is 21.0 Å². The molecular formula is C15H17N5O2. The predicted octanol–water partition coefficient (Wildman–Crippen LogP) is 1.40. The number of hydrogen-bond acceptors (Lipinski definition) is 4. The Kier molecular flexibility index (Phi) is 4.19. The highest BCUT2D eigenvalue weighted by atomic mass is 16.7. The van der Waals surface area contributed by atoms with Crippen molar-refractivity contribution in [2.75, 3.05) is 6.61 Å². The molecule has 0 atom stereocenters. The number of benzene rings is 2. The molecule has 2 aromatic carbocycles. The highest BCUT2D eigenvalue weighted by Gasteiger charge is 2.09. The number of amides is 2. The normalized spacial score (nSPS) is 11.0. The molecule has 1 aromatic heterocycles. The Labute approximate surface area is 126 Å². The largest absolute Gasteiger partial charge is 0.345 e. The molecule has 5 N–H and O–H groups in total. The van der Waals surface area contributed by atoms with Gasteiger partial charge in [0.05, 0.1) is 6.61 Å². The maximum Gasteiger partial charge on any atom is 0.345 e. The first-order chi connectivity index (χ1) is 10.8. The first-order valence-corrected chi connectivity index (χ1v) is 6.90. The molecule has 0 radical (unpaired) electrons. The Balaban J connectivity index is 1.76. The van der Waals surface area contributed by atoms with Gasteiger partial charge in [-0.1, -0.05) is 36.4 Å². The monoisotopic (exact) mass is 299 g/mol. The third kappa shape index (κ3) is 2.73. The molecule has 0 spiro atoms. The van der Waals surface area contributed by atoms with Crippen molar-refractivity contribution in [1.29, 1.82) is 0 Å². The smallest absolute Gasteiger partial charge is 0.338 e. The summed E-state index contributed by atoms with van der Waals surface area (Å²) < 4.78 is 2.19. The van der Waals surface area contributed by atoms with Gasteiger partial charge in [-0.2, -0.15) is 0 Å². The molecule has 0 aliphatic rings. The molecule has 3 aromatic rings. The van der Waals surface area contributed by atoms with Gasteiger partial charge in [0, 0.05) is 28.4 Å². The van der Waals surface area contributed by atoms with E-state index in [0.717, 1.165) is 11.0 Å². The van der Waals surface area contributed by atoms with E-state index in [1.807, 2.05) is 29.7 Å². The zero-order chi connectivity index (χ0) is 15.4. The Bertz CT molecular complexity index is 746. The van der Waals surface area contributed by atoms with Gasteiger partial charge >= 0.3 is 6.03 Å². The lowest BCUT2D eigenvalue weighted by atomic mass is 10.2. The Morgan fingerprint density at radius 3 is 2.23 bits per heavy atom. The lowest BCUT2D eigenvalue weighted by Gasteiger charge is -2.09. The number of para-hydroxylation sites is 2. The maximum atomic E-state index is 10.9. The van der Waals surface area contributed by atoms with Gasteiger partial charge in [0.25, 0.3) is 0 Å². The van der Waals surface area contributed by atoms with E-state index in [0.29, 0.717) is 13.2 Å². The van der Waals surface area contributed by atoms with Gasteiger partial charge in [0.15, 0.2) is 0 Å². The van der Waals surface area contributed by atoms with E-state index in [1.54, 1.807) is 0 Å². The minimum absolute atomic E-state index is 0.382. The van der Waals surface area contributed by atoms with Crippen LogP contribution in [0.3, 0.4) is 0 Å². The average Bonchev–Trinajstić information content (AvgIpc) is 2.89. The molecule has 3 rings (SSSR count). The van der Waals surface area contributed by atoms with Gasteiger partial charge in [-0.15, -0.1) is 5.59 Å². The van der Waals surface area contributed by atoms with Crippen molar-refractivity contribution >= 4 is 27.8 Å². The third-order valence-corrected chi connectivity index (χ3v) is 3.46. The fourth-order valence-corrected chi connectivity index (χ4v) is 2.55. The average molecular weight is 299 g/mol. The molecule has 114 valence electrons. The van der Waals surface area contributed by atoms with Gasteiger partial charge in [-0.25, -0.2) is 16.1 Å². The minimum atomic E-state index is -0.572.